The molecule has 0 aromatic carbocycles. The highest BCUT2D eigenvalue weighted by molar-refractivity contribution is 9.10. The highest BCUT2D eigenvalue weighted by Crippen LogP contribution is 2.38. The minimum atomic E-state index is 0.511. The zero-order valence-electron chi connectivity index (χ0n) is 11.2. The van der Waals surface area contributed by atoms with Gasteiger partial charge in [0.2, 0.25) is 0 Å². The lowest BCUT2D eigenvalue weighted by Crippen LogP contribution is -2.09. The summed E-state index contributed by atoms with van der Waals surface area (Å²) in [4.78, 5) is 13.4. The summed E-state index contributed by atoms with van der Waals surface area (Å²) in [5.41, 5.74) is 8.06. The summed E-state index contributed by atoms with van der Waals surface area (Å²) in [7, 11) is 0. The van der Waals surface area contributed by atoms with Crippen LogP contribution in [-0.4, -0.2) is 15.0 Å². The van der Waals surface area contributed by atoms with Gasteiger partial charge in [-0.1, -0.05) is 18.9 Å². The van der Waals surface area contributed by atoms with E-state index < -0.39 is 0 Å². The van der Waals surface area contributed by atoms with Crippen LogP contribution in [0.3, 0.4) is 0 Å². The first-order chi connectivity index (χ1) is 9.74. The maximum atomic E-state index is 6.02. The molecule has 1 aliphatic rings. The third kappa shape index (κ3) is 2.82. The Labute approximate surface area is 127 Å². The van der Waals surface area contributed by atoms with Crippen LogP contribution in [0.25, 0.3) is 0 Å². The number of hydrogen-bond donors (Lipinski definition) is 1. The van der Waals surface area contributed by atoms with Gasteiger partial charge < -0.3 is 5.73 Å². The van der Waals surface area contributed by atoms with Gasteiger partial charge in [0.05, 0.1) is 16.6 Å². The van der Waals surface area contributed by atoms with Crippen LogP contribution in [0.4, 0.5) is 5.82 Å². The molecule has 1 fully saturated rings. The van der Waals surface area contributed by atoms with E-state index in [0.717, 1.165) is 21.7 Å². The van der Waals surface area contributed by atoms with Crippen LogP contribution in [0.5, 0.6) is 0 Å². The number of nitrogens with zero attached hydrogens (tertiary/aromatic N) is 3. The molecule has 1 aliphatic carbocycles. The molecule has 0 bridgehead atoms. The second-order valence-corrected chi connectivity index (χ2v) is 6.00. The summed E-state index contributed by atoms with van der Waals surface area (Å²) in [6.07, 6.45) is 7.34. The average molecular weight is 333 g/mol. The monoisotopic (exact) mass is 332 g/mol. The maximum Gasteiger partial charge on any atom is 0.141 e. The molecule has 2 aromatic rings. The molecule has 1 saturated carbocycles. The molecule has 0 saturated heterocycles. The molecule has 20 heavy (non-hydrogen) atoms. The fourth-order valence-electron chi connectivity index (χ4n) is 2.75. The normalized spacial score (nSPS) is 15.7. The molecular weight excluding hydrogens is 316 g/mol. The molecule has 0 atom stereocenters. The van der Waals surface area contributed by atoms with Crippen LogP contribution >= 0.6 is 15.9 Å². The van der Waals surface area contributed by atoms with Crippen LogP contribution in [0.2, 0.25) is 0 Å². The summed E-state index contributed by atoms with van der Waals surface area (Å²) in [5.74, 6) is 1.80. The van der Waals surface area contributed by atoms with Gasteiger partial charge >= 0.3 is 0 Å². The molecule has 2 N–H and O–H groups in total. The van der Waals surface area contributed by atoms with Crippen molar-refractivity contribution in [3.63, 3.8) is 0 Å². The topological polar surface area (TPSA) is 64.7 Å². The van der Waals surface area contributed by atoms with Crippen molar-refractivity contribution in [3.05, 3.63) is 46.1 Å². The molecule has 104 valence electrons. The van der Waals surface area contributed by atoms with Crippen molar-refractivity contribution >= 4 is 21.7 Å². The number of halogens is 1. The Morgan fingerprint density at radius 3 is 2.70 bits per heavy atom. The number of aromatic nitrogens is 3. The second kappa shape index (κ2) is 5.87. The minimum absolute atomic E-state index is 0.511. The maximum absolute atomic E-state index is 6.02. The lowest BCUT2D eigenvalue weighted by molar-refractivity contribution is 0.681. The number of nitrogen functional groups attached to an aromatic ring is 1. The lowest BCUT2D eigenvalue weighted by atomic mass is 10.0. The Morgan fingerprint density at radius 1 is 1.20 bits per heavy atom. The Hall–Kier alpha value is -1.49. The van der Waals surface area contributed by atoms with Crippen molar-refractivity contribution in [2.24, 2.45) is 0 Å². The first kappa shape index (κ1) is 13.5. The molecule has 0 unspecified atom stereocenters. The Bertz CT molecular complexity index is 594. The molecule has 0 aliphatic heterocycles. The largest absolute Gasteiger partial charge is 0.383 e. The average Bonchev–Trinajstić information content (AvgIpc) is 2.98. The number of pyridine rings is 1. The molecule has 5 heteroatoms. The van der Waals surface area contributed by atoms with Gasteiger partial charge in [0, 0.05) is 17.8 Å². The molecule has 0 spiro atoms. The fourth-order valence-corrected chi connectivity index (χ4v) is 3.25. The SMILES string of the molecule is Nc1nc(Cc2ccccn2)nc(C2CCCC2)c1Br. The summed E-state index contributed by atoms with van der Waals surface area (Å²) in [5, 5.41) is 0. The van der Waals surface area contributed by atoms with Gasteiger partial charge in [0.25, 0.3) is 0 Å². The van der Waals surface area contributed by atoms with Crippen LogP contribution in [0.15, 0.2) is 28.9 Å². The van der Waals surface area contributed by atoms with E-state index in [1.807, 2.05) is 18.2 Å². The lowest BCUT2D eigenvalue weighted by Gasteiger charge is -2.13. The van der Waals surface area contributed by atoms with Crippen molar-refractivity contribution in [3.8, 4) is 0 Å². The summed E-state index contributed by atoms with van der Waals surface area (Å²) < 4.78 is 0.870. The van der Waals surface area contributed by atoms with E-state index >= 15 is 0 Å². The molecule has 4 nitrogen and oxygen atoms in total. The predicted molar refractivity (Wildman–Crippen MR) is 82.4 cm³/mol. The van der Waals surface area contributed by atoms with Crippen molar-refractivity contribution in [2.45, 2.75) is 38.0 Å². The van der Waals surface area contributed by atoms with E-state index in [1.54, 1.807) is 6.20 Å². The Balaban J connectivity index is 1.92. The highest BCUT2D eigenvalue weighted by Gasteiger charge is 2.23. The van der Waals surface area contributed by atoms with Crippen LogP contribution < -0.4 is 5.73 Å². The van der Waals surface area contributed by atoms with Crippen molar-refractivity contribution in [1.29, 1.82) is 0 Å². The van der Waals surface area contributed by atoms with E-state index in [2.05, 4.69) is 25.9 Å². The molecule has 3 rings (SSSR count). The number of hydrogen-bond acceptors (Lipinski definition) is 4. The summed E-state index contributed by atoms with van der Waals surface area (Å²) >= 11 is 3.54. The van der Waals surface area contributed by atoms with Crippen molar-refractivity contribution < 1.29 is 0 Å². The van der Waals surface area contributed by atoms with Gasteiger partial charge in [-0.25, -0.2) is 9.97 Å². The van der Waals surface area contributed by atoms with Gasteiger partial charge in [-0.2, -0.15) is 0 Å². The van der Waals surface area contributed by atoms with Gasteiger partial charge in [0.15, 0.2) is 0 Å². The zero-order valence-corrected chi connectivity index (χ0v) is 12.8. The molecule has 2 heterocycles. The standard InChI is InChI=1S/C15H17BrN4/c16-13-14(10-5-1-2-6-10)19-12(20-15(13)17)9-11-7-3-4-8-18-11/h3-4,7-8,10H,1-2,5-6,9H2,(H2,17,19,20). The first-order valence-electron chi connectivity index (χ1n) is 6.95. The van der Waals surface area contributed by atoms with E-state index in [0.29, 0.717) is 18.2 Å². The van der Waals surface area contributed by atoms with E-state index in [-0.39, 0.29) is 0 Å². The van der Waals surface area contributed by atoms with E-state index in [4.69, 9.17) is 10.7 Å². The number of anilines is 1. The molecule has 2 aromatic heterocycles. The first-order valence-corrected chi connectivity index (χ1v) is 7.75. The van der Waals surface area contributed by atoms with Gasteiger partial charge in [-0.05, 0) is 40.9 Å². The third-order valence-corrected chi connectivity index (χ3v) is 4.57. The van der Waals surface area contributed by atoms with Crippen molar-refractivity contribution in [2.75, 3.05) is 5.73 Å². The van der Waals surface area contributed by atoms with E-state index in [1.165, 1.54) is 25.7 Å². The van der Waals surface area contributed by atoms with E-state index in [9.17, 15) is 0 Å². The quantitative estimate of drug-likeness (QED) is 0.934. The predicted octanol–water partition coefficient (Wildman–Crippen LogP) is 3.46. The van der Waals surface area contributed by atoms with Gasteiger partial charge in [-0.15, -0.1) is 0 Å². The number of nitrogens with two attached hydrogens (primary N) is 1. The summed E-state index contributed by atoms with van der Waals surface area (Å²) in [6, 6.07) is 5.86. The number of rotatable bonds is 3. The van der Waals surface area contributed by atoms with Crippen LogP contribution in [-0.2, 0) is 6.42 Å². The van der Waals surface area contributed by atoms with Gasteiger partial charge in [-0.3, -0.25) is 4.98 Å². The summed E-state index contributed by atoms with van der Waals surface area (Å²) in [6.45, 7) is 0. The molecule has 0 amide bonds. The molecule has 0 radical (unpaired) electrons. The Morgan fingerprint density at radius 2 is 2.00 bits per heavy atom. The van der Waals surface area contributed by atoms with Crippen molar-refractivity contribution in [1.82, 2.24) is 15.0 Å². The Kier molecular flexibility index (Phi) is 3.96. The zero-order chi connectivity index (χ0) is 13.9. The highest BCUT2D eigenvalue weighted by atomic mass is 79.9. The minimum Gasteiger partial charge on any atom is -0.383 e. The smallest absolute Gasteiger partial charge is 0.141 e. The third-order valence-electron chi connectivity index (χ3n) is 3.76. The molecular formula is C15H17BrN4. The van der Waals surface area contributed by atoms with Crippen LogP contribution in [0.1, 0.15) is 48.8 Å². The van der Waals surface area contributed by atoms with Gasteiger partial charge in [0.1, 0.15) is 11.6 Å². The second-order valence-electron chi connectivity index (χ2n) is 5.20. The fraction of sp³-hybridized carbons (Fsp3) is 0.400. The van der Waals surface area contributed by atoms with Crippen LogP contribution in [0, 0.1) is 0 Å².